The molecule has 0 saturated carbocycles. The lowest BCUT2D eigenvalue weighted by Crippen LogP contribution is -2.40. The number of carbonyl (C=O) groups excluding carboxylic acids is 2. The maximum Gasteiger partial charge on any atom is 0.294 e. The van der Waals surface area contributed by atoms with Crippen LogP contribution >= 0.6 is 0 Å². The molecule has 0 aliphatic carbocycles. The quantitative estimate of drug-likeness (QED) is 0.260. The van der Waals surface area contributed by atoms with Crippen molar-refractivity contribution in [2.45, 2.75) is 51.6 Å². The van der Waals surface area contributed by atoms with E-state index >= 15 is 0 Å². The first-order valence-electron chi connectivity index (χ1n) is 14.2. The van der Waals surface area contributed by atoms with Gasteiger partial charge in [0.25, 0.3) is 11.8 Å². The van der Waals surface area contributed by atoms with Gasteiger partial charge in [-0.3, -0.25) is 14.5 Å². The van der Waals surface area contributed by atoms with E-state index < -0.39 is 0 Å². The van der Waals surface area contributed by atoms with Crippen molar-refractivity contribution < 1.29 is 18.7 Å². The zero-order chi connectivity index (χ0) is 27.9. The van der Waals surface area contributed by atoms with Gasteiger partial charge < -0.3 is 15.0 Å². The number of nitrogens with zero attached hydrogens (tertiary/aromatic N) is 2. The minimum atomic E-state index is -0.365. The van der Waals surface area contributed by atoms with E-state index in [0.717, 1.165) is 25.1 Å². The molecule has 1 fully saturated rings. The van der Waals surface area contributed by atoms with Gasteiger partial charge in [0.15, 0.2) is 11.5 Å². The SMILES string of the molecule is CC[C@@H]1CCCCN1CCCNC(=O)c1ccc(/C=C2\Oc3ccccc3N(Cc3ccccc3F)C2=O)cc1. The van der Waals surface area contributed by atoms with E-state index in [1.54, 1.807) is 60.7 Å². The average Bonchev–Trinajstić information content (AvgIpc) is 2.99. The number of ether oxygens (including phenoxy) is 1. The Morgan fingerprint density at radius 3 is 2.62 bits per heavy atom. The standard InChI is InChI=1S/C33H36FN3O3/c1-2-27-11-7-8-20-36(27)21-9-19-35-32(38)25-17-15-24(16-18-25)22-31-33(39)37(23-26-10-3-4-12-28(26)34)29-13-5-6-14-30(29)40-31/h3-6,10,12-18,22,27H,2,7-9,11,19-21,23H2,1H3,(H,35,38)/b31-22-/t27-/m1/s1. The Bertz CT molecular complexity index is 1370. The lowest BCUT2D eigenvalue weighted by atomic mass is 10.00. The van der Waals surface area contributed by atoms with Crippen LogP contribution in [0.2, 0.25) is 0 Å². The molecule has 2 aliphatic heterocycles. The van der Waals surface area contributed by atoms with Crippen LogP contribution in [-0.2, 0) is 11.3 Å². The van der Waals surface area contributed by atoms with E-state index in [-0.39, 0.29) is 29.9 Å². The molecule has 0 unspecified atom stereocenters. The van der Waals surface area contributed by atoms with Gasteiger partial charge in [-0.05, 0) is 74.2 Å². The predicted molar refractivity (Wildman–Crippen MR) is 156 cm³/mol. The van der Waals surface area contributed by atoms with Gasteiger partial charge in [0.05, 0.1) is 12.2 Å². The molecule has 0 spiro atoms. The minimum absolute atomic E-state index is 0.0825. The third kappa shape index (κ3) is 6.42. The summed E-state index contributed by atoms with van der Waals surface area (Å²) in [5, 5.41) is 3.03. The second kappa shape index (κ2) is 12.9. The number of hydrogen-bond acceptors (Lipinski definition) is 4. The molecule has 0 bridgehead atoms. The molecule has 1 saturated heterocycles. The summed E-state index contributed by atoms with van der Waals surface area (Å²) in [7, 11) is 0. The van der Waals surface area contributed by atoms with Gasteiger partial charge in [-0.1, -0.05) is 55.8 Å². The molecule has 1 N–H and O–H groups in total. The molecule has 6 nitrogen and oxygen atoms in total. The molecule has 40 heavy (non-hydrogen) atoms. The Labute approximate surface area is 235 Å². The van der Waals surface area contributed by atoms with Crippen molar-refractivity contribution in [1.29, 1.82) is 0 Å². The number of likely N-dealkylation sites (tertiary alicyclic amines) is 1. The zero-order valence-corrected chi connectivity index (χ0v) is 22.9. The van der Waals surface area contributed by atoms with E-state index in [2.05, 4.69) is 17.1 Å². The van der Waals surface area contributed by atoms with Gasteiger partial charge in [-0.15, -0.1) is 0 Å². The van der Waals surface area contributed by atoms with Crippen LogP contribution in [0.5, 0.6) is 5.75 Å². The van der Waals surface area contributed by atoms with Crippen LogP contribution in [0.15, 0.2) is 78.6 Å². The number of benzene rings is 3. The first-order chi connectivity index (χ1) is 19.5. The number of halogens is 1. The first kappa shape index (κ1) is 27.6. The normalized spacial score (nSPS) is 18.4. The number of nitrogens with one attached hydrogen (secondary N) is 1. The van der Waals surface area contributed by atoms with E-state index in [4.69, 9.17) is 4.74 Å². The molecule has 0 radical (unpaired) electrons. The fourth-order valence-corrected chi connectivity index (χ4v) is 5.50. The van der Waals surface area contributed by atoms with Crippen molar-refractivity contribution in [2.24, 2.45) is 0 Å². The summed E-state index contributed by atoms with van der Waals surface area (Å²) in [6.45, 7) is 5.14. The number of para-hydroxylation sites is 2. The van der Waals surface area contributed by atoms with Crippen LogP contribution in [0.4, 0.5) is 10.1 Å². The predicted octanol–water partition coefficient (Wildman–Crippen LogP) is 6.18. The molecule has 1 atom stereocenters. The Morgan fingerprint density at radius 2 is 1.82 bits per heavy atom. The Hall–Kier alpha value is -3.97. The summed E-state index contributed by atoms with van der Waals surface area (Å²) in [6, 6.07) is 21.4. The van der Waals surface area contributed by atoms with Crippen molar-refractivity contribution >= 4 is 23.6 Å². The molecule has 3 aromatic carbocycles. The largest absolute Gasteiger partial charge is 0.449 e. The van der Waals surface area contributed by atoms with E-state index in [1.165, 1.54) is 36.6 Å². The van der Waals surface area contributed by atoms with Crippen LogP contribution < -0.4 is 15.0 Å². The number of anilines is 1. The van der Waals surface area contributed by atoms with Crippen molar-refractivity contribution in [3.05, 3.63) is 101 Å². The third-order valence-corrected chi connectivity index (χ3v) is 7.72. The molecule has 5 rings (SSSR count). The monoisotopic (exact) mass is 541 g/mol. The van der Waals surface area contributed by atoms with Crippen LogP contribution in [0.3, 0.4) is 0 Å². The zero-order valence-electron chi connectivity index (χ0n) is 22.9. The van der Waals surface area contributed by atoms with Gasteiger partial charge in [0, 0.05) is 30.3 Å². The number of fused-ring (bicyclic) bond motifs is 1. The van der Waals surface area contributed by atoms with Crippen LogP contribution in [0.1, 0.15) is 60.5 Å². The van der Waals surface area contributed by atoms with Gasteiger partial charge in [-0.2, -0.15) is 0 Å². The van der Waals surface area contributed by atoms with E-state index in [9.17, 15) is 14.0 Å². The van der Waals surface area contributed by atoms with Gasteiger partial charge >= 0.3 is 0 Å². The second-order valence-corrected chi connectivity index (χ2v) is 10.4. The molecule has 2 aliphatic rings. The molecule has 2 amide bonds. The highest BCUT2D eigenvalue weighted by molar-refractivity contribution is 6.09. The highest BCUT2D eigenvalue weighted by atomic mass is 19.1. The molecule has 3 aromatic rings. The first-order valence-corrected chi connectivity index (χ1v) is 14.2. The molecule has 7 heteroatoms. The fourth-order valence-electron chi connectivity index (χ4n) is 5.50. The van der Waals surface area contributed by atoms with Gasteiger partial charge in [0.1, 0.15) is 5.82 Å². The number of hydrogen-bond donors (Lipinski definition) is 1. The highest BCUT2D eigenvalue weighted by Crippen LogP contribution is 2.36. The van der Waals surface area contributed by atoms with Gasteiger partial charge in [0.2, 0.25) is 0 Å². The van der Waals surface area contributed by atoms with Crippen molar-refractivity contribution in [3.63, 3.8) is 0 Å². The molecular weight excluding hydrogens is 505 g/mol. The lowest BCUT2D eigenvalue weighted by Gasteiger charge is -2.35. The van der Waals surface area contributed by atoms with Crippen LogP contribution in [0.25, 0.3) is 6.08 Å². The topological polar surface area (TPSA) is 61.9 Å². The summed E-state index contributed by atoms with van der Waals surface area (Å²) >= 11 is 0. The average molecular weight is 542 g/mol. The number of piperidine rings is 1. The summed E-state index contributed by atoms with van der Waals surface area (Å²) in [6.07, 6.45) is 7.61. The maximum absolute atomic E-state index is 14.4. The Kier molecular flexibility index (Phi) is 8.91. The fraction of sp³-hybridized carbons (Fsp3) is 0.333. The summed E-state index contributed by atoms with van der Waals surface area (Å²) in [5.41, 5.74) is 2.30. The van der Waals surface area contributed by atoms with Crippen molar-refractivity contribution in [3.8, 4) is 5.75 Å². The number of amides is 2. The number of rotatable bonds is 9. The third-order valence-electron chi connectivity index (χ3n) is 7.72. The molecule has 0 aromatic heterocycles. The molecule has 2 heterocycles. The Balaban J connectivity index is 1.22. The van der Waals surface area contributed by atoms with Gasteiger partial charge in [-0.25, -0.2) is 4.39 Å². The van der Waals surface area contributed by atoms with Crippen molar-refractivity contribution in [2.75, 3.05) is 24.5 Å². The van der Waals surface area contributed by atoms with Crippen LogP contribution in [0, 0.1) is 5.82 Å². The Morgan fingerprint density at radius 1 is 1.05 bits per heavy atom. The van der Waals surface area contributed by atoms with Crippen molar-refractivity contribution in [1.82, 2.24) is 10.2 Å². The maximum atomic E-state index is 14.4. The summed E-state index contributed by atoms with van der Waals surface area (Å²) < 4.78 is 20.3. The summed E-state index contributed by atoms with van der Waals surface area (Å²) in [5.74, 6) is -0.177. The van der Waals surface area contributed by atoms with E-state index in [1.807, 2.05) is 12.1 Å². The second-order valence-electron chi connectivity index (χ2n) is 10.4. The number of carbonyl (C=O) groups is 2. The van der Waals surface area contributed by atoms with Crippen LogP contribution in [-0.4, -0.2) is 42.4 Å². The summed E-state index contributed by atoms with van der Waals surface area (Å²) in [4.78, 5) is 30.2. The molecule has 208 valence electrons. The highest BCUT2D eigenvalue weighted by Gasteiger charge is 2.30. The van der Waals surface area contributed by atoms with E-state index in [0.29, 0.717) is 35.2 Å². The lowest BCUT2D eigenvalue weighted by molar-refractivity contribution is -0.117. The smallest absolute Gasteiger partial charge is 0.294 e. The minimum Gasteiger partial charge on any atom is -0.449 e. The molecular formula is C33H36FN3O3.